The molecule has 3 heterocycles. The Morgan fingerprint density at radius 3 is 2.79 bits per heavy atom. The summed E-state index contributed by atoms with van der Waals surface area (Å²) in [7, 11) is 0. The number of carbonyl (C=O) groups is 1. The van der Waals surface area contributed by atoms with Gasteiger partial charge in [0.1, 0.15) is 11.8 Å². The smallest absolute Gasteiger partial charge is 0.284 e. The molecule has 0 spiro atoms. The van der Waals surface area contributed by atoms with E-state index >= 15 is 0 Å². The molecule has 9 heteroatoms. The van der Waals surface area contributed by atoms with Gasteiger partial charge in [-0.2, -0.15) is 15.5 Å². The van der Waals surface area contributed by atoms with E-state index in [0.717, 1.165) is 32.1 Å². The topological polar surface area (TPSA) is 88.0 Å². The van der Waals surface area contributed by atoms with Crippen LogP contribution in [0.5, 0.6) is 0 Å². The minimum absolute atomic E-state index is 0.00849. The van der Waals surface area contributed by atoms with Gasteiger partial charge in [-0.3, -0.25) is 9.48 Å². The van der Waals surface area contributed by atoms with Gasteiger partial charge in [0.25, 0.3) is 12.3 Å². The highest BCUT2D eigenvalue weighted by Crippen LogP contribution is 2.32. The SMILES string of the molecule is N#Cc1cnn2c(C(=O)Nc3cn(C4CCCCC4)nc3C(F)F)ccc2c1. The lowest BCUT2D eigenvalue weighted by molar-refractivity contribution is 0.101. The lowest BCUT2D eigenvalue weighted by Gasteiger charge is -2.21. The van der Waals surface area contributed by atoms with Gasteiger partial charge in [0.2, 0.25) is 0 Å². The number of hydrogen-bond donors (Lipinski definition) is 1. The molecule has 28 heavy (non-hydrogen) atoms. The Morgan fingerprint density at radius 1 is 1.29 bits per heavy atom. The number of nitriles is 1. The highest BCUT2D eigenvalue weighted by atomic mass is 19.3. The number of nitrogens with zero attached hydrogens (tertiary/aromatic N) is 5. The van der Waals surface area contributed by atoms with Crippen LogP contribution in [0, 0.1) is 11.3 Å². The van der Waals surface area contributed by atoms with Gasteiger partial charge in [0, 0.05) is 6.20 Å². The van der Waals surface area contributed by atoms with Crippen molar-refractivity contribution in [1.29, 1.82) is 5.26 Å². The molecule has 1 N–H and O–H groups in total. The molecular formula is C19H18F2N6O. The summed E-state index contributed by atoms with van der Waals surface area (Å²) in [6, 6.07) is 6.83. The number of fused-ring (bicyclic) bond motifs is 1. The second-order valence-corrected chi connectivity index (χ2v) is 6.87. The van der Waals surface area contributed by atoms with E-state index in [9.17, 15) is 13.6 Å². The van der Waals surface area contributed by atoms with Crippen LogP contribution in [0.25, 0.3) is 5.52 Å². The Balaban J connectivity index is 1.62. The van der Waals surface area contributed by atoms with Crippen LogP contribution in [-0.2, 0) is 0 Å². The van der Waals surface area contributed by atoms with E-state index in [1.54, 1.807) is 16.8 Å². The molecule has 1 fully saturated rings. The first-order valence-corrected chi connectivity index (χ1v) is 9.13. The van der Waals surface area contributed by atoms with Crippen molar-refractivity contribution >= 4 is 17.1 Å². The molecule has 0 atom stereocenters. The number of alkyl halides is 2. The predicted molar refractivity (Wildman–Crippen MR) is 97.2 cm³/mol. The Kier molecular flexibility index (Phi) is 4.77. The van der Waals surface area contributed by atoms with Gasteiger partial charge in [-0.15, -0.1) is 0 Å². The molecule has 1 amide bonds. The van der Waals surface area contributed by atoms with Gasteiger partial charge in [-0.05, 0) is 31.0 Å². The lowest BCUT2D eigenvalue weighted by Crippen LogP contribution is -2.16. The van der Waals surface area contributed by atoms with E-state index in [4.69, 9.17) is 5.26 Å². The van der Waals surface area contributed by atoms with Gasteiger partial charge in [-0.25, -0.2) is 13.3 Å². The average Bonchev–Trinajstić information content (AvgIpc) is 3.32. The fraction of sp³-hybridized carbons (Fsp3) is 0.368. The number of rotatable bonds is 4. The largest absolute Gasteiger partial charge is 0.318 e. The zero-order valence-electron chi connectivity index (χ0n) is 15.0. The van der Waals surface area contributed by atoms with E-state index < -0.39 is 18.0 Å². The summed E-state index contributed by atoms with van der Waals surface area (Å²) in [5, 5.41) is 19.6. The number of aromatic nitrogens is 4. The summed E-state index contributed by atoms with van der Waals surface area (Å²) in [4.78, 5) is 12.7. The summed E-state index contributed by atoms with van der Waals surface area (Å²) in [6.07, 6.45) is 5.07. The molecule has 0 unspecified atom stereocenters. The second-order valence-electron chi connectivity index (χ2n) is 6.87. The van der Waals surface area contributed by atoms with Gasteiger partial charge in [0.15, 0.2) is 5.69 Å². The molecule has 0 saturated heterocycles. The number of anilines is 1. The summed E-state index contributed by atoms with van der Waals surface area (Å²) in [5.74, 6) is -0.567. The first kappa shape index (κ1) is 18.1. The van der Waals surface area contributed by atoms with Crippen molar-refractivity contribution in [3.05, 3.63) is 47.5 Å². The molecule has 1 aliphatic rings. The Labute approximate surface area is 159 Å². The summed E-state index contributed by atoms with van der Waals surface area (Å²) >= 11 is 0. The molecule has 1 aliphatic carbocycles. The van der Waals surface area contributed by atoms with Crippen LogP contribution in [0.15, 0.2) is 30.6 Å². The fourth-order valence-corrected chi connectivity index (χ4v) is 3.61. The number of carbonyl (C=O) groups excluding carboxylic acids is 1. The molecule has 4 rings (SSSR count). The number of halogens is 2. The predicted octanol–water partition coefficient (Wildman–Crippen LogP) is 4.10. The van der Waals surface area contributed by atoms with Gasteiger partial charge in [-0.1, -0.05) is 19.3 Å². The van der Waals surface area contributed by atoms with Crippen molar-refractivity contribution in [2.24, 2.45) is 0 Å². The molecule has 0 bridgehead atoms. The number of nitrogens with one attached hydrogen (secondary N) is 1. The van der Waals surface area contributed by atoms with E-state index in [1.165, 1.54) is 23.0 Å². The van der Waals surface area contributed by atoms with Crippen molar-refractivity contribution < 1.29 is 13.6 Å². The van der Waals surface area contributed by atoms with Gasteiger partial charge >= 0.3 is 0 Å². The van der Waals surface area contributed by atoms with E-state index in [1.807, 2.05) is 6.07 Å². The van der Waals surface area contributed by atoms with Crippen molar-refractivity contribution in [3.63, 3.8) is 0 Å². The quantitative estimate of drug-likeness (QED) is 0.734. The lowest BCUT2D eigenvalue weighted by atomic mass is 9.96. The van der Waals surface area contributed by atoms with Gasteiger partial charge < -0.3 is 5.32 Å². The average molecular weight is 384 g/mol. The Bertz CT molecular complexity index is 1060. The van der Waals surface area contributed by atoms with Crippen molar-refractivity contribution in [2.45, 2.75) is 44.6 Å². The summed E-state index contributed by atoms with van der Waals surface area (Å²) in [5.41, 5.74) is 0.696. The van der Waals surface area contributed by atoms with Crippen LogP contribution < -0.4 is 5.32 Å². The zero-order chi connectivity index (χ0) is 19.7. The third-order valence-electron chi connectivity index (χ3n) is 5.03. The normalized spacial score (nSPS) is 15.1. The molecule has 1 saturated carbocycles. The van der Waals surface area contributed by atoms with Crippen LogP contribution in [0.3, 0.4) is 0 Å². The maximum Gasteiger partial charge on any atom is 0.284 e. The molecule has 144 valence electrons. The third-order valence-corrected chi connectivity index (χ3v) is 5.03. The first-order valence-electron chi connectivity index (χ1n) is 9.13. The Morgan fingerprint density at radius 2 is 2.07 bits per heavy atom. The standard InChI is InChI=1S/C19H18F2N6O/c20-18(21)17-15(11-26(25-17)13-4-2-1-3-5-13)24-19(28)16-7-6-14-8-12(9-22)10-23-27(14)16/h6-8,10-11,13,18H,1-5H2,(H,24,28). The fourth-order valence-electron chi connectivity index (χ4n) is 3.61. The molecule has 3 aromatic heterocycles. The van der Waals surface area contributed by atoms with Crippen molar-refractivity contribution in [3.8, 4) is 6.07 Å². The maximum absolute atomic E-state index is 13.5. The van der Waals surface area contributed by atoms with Crippen molar-refractivity contribution in [2.75, 3.05) is 5.32 Å². The molecular weight excluding hydrogens is 366 g/mol. The summed E-state index contributed by atoms with van der Waals surface area (Å²) in [6.45, 7) is 0. The third kappa shape index (κ3) is 3.33. The van der Waals surface area contributed by atoms with Crippen LogP contribution >= 0.6 is 0 Å². The van der Waals surface area contributed by atoms with Gasteiger partial charge in [0.05, 0.1) is 29.0 Å². The van der Waals surface area contributed by atoms with Crippen LogP contribution in [0.4, 0.5) is 14.5 Å². The Hall–Kier alpha value is -3.28. The molecule has 7 nitrogen and oxygen atoms in total. The number of hydrogen-bond acceptors (Lipinski definition) is 4. The summed E-state index contributed by atoms with van der Waals surface area (Å²) < 4.78 is 29.8. The van der Waals surface area contributed by atoms with E-state index in [-0.39, 0.29) is 17.4 Å². The van der Waals surface area contributed by atoms with Crippen LogP contribution in [0.2, 0.25) is 0 Å². The minimum atomic E-state index is -2.79. The van der Waals surface area contributed by atoms with Crippen LogP contribution in [0.1, 0.15) is 66.3 Å². The monoisotopic (exact) mass is 384 g/mol. The number of amides is 1. The van der Waals surface area contributed by atoms with Crippen LogP contribution in [-0.4, -0.2) is 25.3 Å². The molecule has 0 radical (unpaired) electrons. The van der Waals surface area contributed by atoms with E-state index in [0.29, 0.717) is 11.1 Å². The molecule has 0 aromatic carbocycles. The zero-order valence-corrected chi connectivity index (χ0v) is 15.0. The van der Waals surface area contributed by atoms with Crippen molar-refractivity contribution in [1.82, 2.24) is 19.4 Å². The second kappa shape index (κ2) is 7.38. The van der Waals surface area contributed by atoms with E-state index in [2.05, 4.69) is 15.5 Å². The molecule has 3 aromatic rings. The molecule has 0 aliphatic heterocycles. The maximum atomic E-state index is 13.5. The minimum Gasteiger partial charge on any atom is -0.318 e. The first-order chi connectivity index (χ1) is 13.6. The highest BCUT2D eigenvalue weighted by Gasteiger charge is 2.25. The highest BCUT2D eigenvalue weighted by molar-refractivity contribution is 6.04.